The van der Waals surface area contributed by atoms with Gasteiger partial charge in [0, 0.05) is 12.5 Å². The fourth-order valence-electron chi connectivity index (χ4n) is 3.09. The highest BCUT2D eigenvalue weighted by atomic mass is 79.9. The molecule has 2 unspecified atom stereocenters. The molecule has 0 aromatic carbocycles. The van der Waals surface area contributed by atoms with E-state index in [2.05, 4.69) is 48.9 Å². The SMILES string of the molecule is CCCNc1nc(C2CCC(CC)C2)nc(C(C)C)c1Br. The fourth-order valence-corrected chi connectivity index (χ4v) is 3.86. The van der Waals surface area contributed by atoms with Gasteiger partial charge in [0.2, 0.25) is 0 Å². The van der Waals surface area contributed by atoms with Crippen molar-refractivity contribution in [2.24, 2.45) is 5.92 Å². The highest BCUT2D eigenvalue weighted by molar-refractivity contribution is 9.10. The second-order valence-corrected chi connectivity index (χ2v) is 7.29. The second-order valence-electron chi connectivity index (χ2n) is 6.50. The van der Waals surface area contributed by atoms with Crippen molar-refractivity contribution in [2.75, 3.05) is 11.9 Å². The monoisotopic (exact) mass is 353 g/mol. The largest absolute Gasteiger partial charge is 0.369 e. The number of nitrogens with one attached hydrogen (secondary N) is 1. The predicted octanol–water partition coefficient (Wildman–Crippen LogP) is 5.48. The molecule has 3 nitrogen and oxygen atoms in total. The summed E-state index contributed by atoms with van der Waals surface area (Å²) in [5.41, 5.74) is 1.14. The maximum atomic E-state index is 4.89. The molecule has 1 aliphatic carbocycles. The molecule has 0 radical (unpaired) electrons. The van der Waals surface area contributed by atoms with E-state index >= 15 is 0 Å². The van der Waals surface area contributed by atoms with Crippen LogP contribution in [0.2, 0.25) is 0 Å². The zero-order chi connectivity index (χ0) is 15.4. The average Bonchev–Trinajstić information content (AvgIpc) is 2.94. The lowest BCUT2D eigenvalue weighted by Crippen LogP contribution is -2.12. The summed E-state index contributed by atoms with van der Waals surface area (Å²) in [7, 11) is 0. The molecule has 0 bridgehead atoms. The van der Waals surface area contributed by atoms with Gasteiger partial charge in [0.05, 0.1) is 10.2 Å². The molecule has 118 valence electrons. The van der Waals surface area contributed by atoms with E-state index in [0.717, 1.165) is 40.7 Å². The lowest BCUT2D eigenvalue weighted by Gasteiger charge is -2.17. The third kappa shape index (κ3) is 3.97. The first-order chi connectivity index (χ1) is 10.1. The number of anilines is 1. The van der Waals surface area contributed by atoms with Gasteiger partial charge < -0.3 is 5.32 Å². The molecule has 1 saturated carbocycles. The first-order valence-electron chi connectivity index (χ1n) is 8.37. The van der Waals surface area contributed by atoms with E-state index in [4.69, 9.17) is 9.97 Å². The molecule has 0 amide bonds. The van der Waals surface area contributed by atoms with E-state index in [9.17, 15) is 0 Å². The van der Waals surface area contributed by atoms with Crippen LogP contribution in [0.4, 0.5) is 5.82 Å². The van der Waals surface area contributed by atoms with Crippen molar-refractivity contribution < 1.29 is 0 Å². The second kappa shape index (κ2) is 7.57. The Morgan fingerprint density at radius 1 is 1.24 bits per heavy atom. The quantitative estimate of drug-likeness (QED) is 0.735. The molecular formula is C17H28BrN3. The van der Waals surface area contributed by atoms with Gasteiger partial charge in [0.1, 0.15) is 11.6 Å². The Hall–Kier alpha value is -0.640. The van der Waals surface area contributed by atoms with Crippen molar-refractivity contribution in [3.05, 3.63) is 16.0 Å². The first kappa shape index (κ1) is 16.7. The summed E-state index contributed by atoms with van der Waals surface area (Å²) in [6, 6.07) is 0. The van der Waals surface area contributed by atoms with E-state index in [1.807, 2.05) is 0 Å². The van der Waals surface area contributed by atoms with Gasteiger partial charge in [-0.05, 0) is 53.4 Å². The Morgan fingerprint density at radius 2 is 2.00 bits per heavy atom. The molecule has 21 heavy (non-hydrogen) atoms. The van der Waals surface area contributed by atoms with Gasteiger partial charge >= 0.3 is 0 Å². The number of rotatable bonds is 6. The minimum atomic E-state index is 0.409. The molecule has 1 heterocycles. The first-order valence-corrected chi connectivity index (χ1v) is 9.17. The van der Waals surface area contributed by atoms with Crippen LogP contribution in [0.25, 0.3) is 0 Å². The van der Waals surface area contributed by atoms with Crippen LogP contribution in [-0.2, 0) is 0 Å². The summed E-state index contributed by atoms with van der Waals surface area (Å²) in [4.78, 5) is 9.73. The highest BCUT2D eigenvalue weighted by Gasteiger charge is 2.28. The molecule has 1 fully saturated rings. The molecule has 0 spiro atoms. The summed E-state index contributed by atoms with van der Waals surface area (Å²) >= 11 is 3.69. The summed E-state index contributed by atoms with van der Waals surface area (Å²) in [5.74, 6) is 3.84. The zero-order valence-corrected chi connectivity index (χ0v) is 15.3. The summed E-state index contributed by atoms with van der Waals surface area (Å²) < 4.78 is 1.04. The normalized spacial score (nSPS) is 22.0. The van der Waals surface area contributed by atoms with Crippen LogP contribution in [0.5, 0.6) is 0 Å². The minimum Gasteiger partial charge on any atom is -0.369 e. The van der Waals surface area contributed by atoms with Crippen molar-refractivity contribution in [2.45, 2.75) is 71.6 Å². The van der Waals surface area contributed by atoms with Gasteiger partial charge in [0.15, 0.2) is 0 Å². The Kier molecular flexibility index (Phi) is 6.03. The molecule has 2 rings (SSSR count). The number of hydrogen-bond acceptors (Lipinski definition) is 3. The van der Waals surface area contributed by atoms with Gasteiger partial charge in [-0.3, -0.25) is 0 Å². The third-order valence-electron chi connectivity index (χ3n) is 4.47. The Labute approximate surface area is 137 Å². The number of nitrogens with zero attached hydrogens (tertiary/aromatic N) is 2. The van der Waals surface area contributed by atoms with Crippen molar-refractivity contribution >= 4 is 21.7 Å². The van der Waals surface area contributed by atoms with Crippen molar-refractivity contribution in [3.63, 3.8) is 0 Å². The van der Waals surface area contributed by atoms with Crippen LogP contribution >= 0.6 is 15.9 Å². The van der Waals surface area contributed by atoms with Crippen LogP contribution in [0.15, 0.2) is 4.47 Å². The van der Waals surface area contributed by atoms with Crippen molar-refractivity contribution in [1.82, 2.24) is 9.97 Å². The average molecular weight is 354 g/mol. The summed E-state index contributed by atoms with van der Waals surface area (Å²) in [6.07, 6.45) is 6.21. The van der Waals surface area contributed by atoms with E-state index in [0.29, 0.717) is 11.8 Å². The van der Waals surface area contributed by atoms with E-state index in [-0.39, 0.29) is 0 Å². The lowest BCUT2D eigenvalue weighted by atomic mass is 10.0. The predicted molar refractivity (Wildman–Crippen MR) is 93.0 cm³/mol. The molecule has 1 aromatic heterocycles. The topological polar surface area (TPSA) is 37.8 Å². The minimum absolute atomic E-state index is 0.409. The standard InChI is InChI=1S/C17H28BrN3/c1-5-9-19-17-14(18)15(11(3)4)20-16(21-17)13-8-7-12(6-2)10-13/h11-13H,5-10H2,1-4H3,(H,19,20,21). The van der Waals surface area contributed by atoms with Crippen LogP contribution in [-0.4, -0.2) is 16.5 Å². The van der Waals surface area contributed by atoms with Crippen molar-refractivity contribution in [3.8, 4) is 0 Å². The van der Waals surface area contributed by atoms with Crippen LogP contribution in [0.3, 0.4) is 0 Å². The van der Waals surface area contributed by atoms with Crippen LogP contribution in [0.1, 0.15) is 83.2 Å². The Bertz CT molecular complexity index is 473. The van der Waals surface area contributed by atoms with Gasteiger partial charge in [-0.2, -0.15) is 0 Å². The highest BCUT2D eigenvalue weighted by Crippen LogP contribution is 2.40. The molecule has 4 heteroatoms. The van der Waals surface area contributed by atoms with Gasteiger partial charge in [-0.1, -0.05) is 34.1 Å². The maximum absolute atomic E-state index is 4.89. The Balaban J connectivity index is 2.30. The fraction of sp³-hybridized carbons (Fsp3) is 0.765. The molecule has 0 aliphatic heterocycles. The molecule has 1 N–H and O–H groups in total. The van der Waals surface area contributed by atoms with E-state index in [1.54, 1.807) is 0 Å². The van der Waals surface area contributed by atoms with Gasteiger partial charge in [0.25, 0.3) is 0 Å². The molecule has 2 atom stereocenters. The zero-order valence-electron chi connectivity index (χ0n) is 13.7. The molecule has 1 aromatic rings. The van der Waals surface area contributed by atoms with Crippen LogP contribution < -0.4 is 5.32 Å². The number of halogens is 1. The third-order valence-corrected chi connectivity index (χ3v) is 5.25. The maximum Gasteiger partial charge on any atom is 0.144 e. The lowest BCUT2D eigenvalue weighted by molar-refractivity contribution is 0.516. The van der Waals surface area contributed by atoms with E-state index in [1.165, 1.54) is 25.7 Å². The number of hydrogen-bond donors (Lipinski definition) is 1. The molecular weight excluding hydrogens is 326 g/mol. The van der Waals surface area contributed by atoms with E-state index < -0.39 is 0 Å². The van der Waals surface area contributed by atoms with Gasteiger partial charge in [-0.25, -0.2) is 9.97 Å². The summed E-state index contributed by atoms with van der Waals surface area (Å²) in [6.45, 7) is 9.82. The van der Waals surface area contributed by atoms with Crippen molar-refractivity contribution in [1.29, 1.82) is 0 Å². The summed E-state index contributed by atoms with van der Waals surface area (Å²) in [5, 5.41) is 3.45. The molecule has 1 aliphatic rings. The van der Waals surface area contributed by atoms with Crippen LogP contribution in [0, 0.1) is 5.92 Å². The Morgan fingerprint density at radius 3 is 2.57 bits per heavy atom. The smallest absolute Gasteiger partial charge is 0.144 e. The molecule has 0 saturated heterocycles. The number of aromatic nitrogens is 2. The van der Waals surface area contributed by atoms with Gasteiger partial charge in [-0.15, -0.1) is 0 Å².